The Hall–Kier alpha value is -0.290. The molecule has 0 aliphatic rings. The van der Waals surface area contributed by atoms with Crippen LogP contribution in [0.3, 0.4) is 0 Å². The lowest BCUT2D eigenvalue weighted by atomic mass is 10.1. The highest BCUT2D eigenvalue weighted by molar-refractivity contribution is 9.09. The van der Waals surface area contributed by atoms with E-state index in [2.05, 4.69) is 30.0 Å². The molecule has 0 saturated carbocycles. The molecule has 23 heavy (non-hydrogen) atoms. The topological polar surface area (TPSA) is 29.5 Å². The minimum atomic E-state index is -0.244. The van der Waals surface area contributed by atoms with Crippen LogP contribution in [0, 0.1) is 0 Å². The largest absolute Gasteiger partial charge is 0.449 e. The number of quaternary nitrogens is 1. The highest BCUT2D eigenvalue weighted by Gasteiger charge is 2.14. The third-order valence-corrected chi connectivity index (χ3v) is 4.71. The SMILES string of the molecule is CN(C)C(=O)OCCC[N+](C)(C)CCCCCCCCCCBr. The predicted octanol–water partition coefficient (Wildman–Crippen LogP) is 4.67. The van der Waals surface area contributed by atoms with Gasteiger partial charge in [0, 0.05) is 25.8 Å². The minimum absolute atomic E-state index is 0.244. The first-order valence-electron chi connectivity index (χ1n) is 9.11. The zero-order valence-electron chi connectivity index (χ0n) is 15.8. The number of carbonyl (C=O) groups excluding carboxylic acids is 1. The smallest absolute Gasteiger partial charge is 0.409 e. The second kappa shape index (κ2) is 14.1. The molecule has 0 saturated heterocycles. The molecule has 0 aromatic carbocycles. The summed E-state index contributed by atoms with van der Waals surface area (Å²) in [6.07, 6.45) is 11.5. The molecule has 5 heteroatoms. The Kier molecular flexibility index (Phi) is 13.9. The number of hydrogen-bond acceptors (Lipinski definition) is 2. The van der Waals surface area contributed by atoms with E-state index in [9.17, 15) is 4.79 Å². The molecule has 0 fully saturated rings. The van der Waals surface area contributed by atoms with Crippen molar-refractivity contribution < 1.29 is 14.0 Å². The van der Waals surface area contributed by atoms with Crippen LogP contribution in [0.5, 0.6) is 0 Å². The van der Waals surface area contributed by atoms with E-state index in [0.717, 1.165) is 22.8 Å². The summed E-state index contributed by atoms with van der Waals surface area (Å²) in [5.41, 5.74) is 0. The molecule has 4 nitrogen and oxygen atoms in total. The third-order valence-electron chi connectivity index (χ3n) is 4.15. The van der Waals surface area contributed by atoms with Crippen LogP contribution in [0.25, 0.3) is 0 Å². The van der Waals surface area contributed by atoms with Crippen LogP contribution in [-0.4, -0.2) is 68.7 Å². The van der Waals surface area contributed by atoms with Gasteiger partial charge in [0.25, 0.3) is 0 Å². The molecule has 0 heterocycles. The van der Waals surface area contributed by atoms with Crippen LogP contribution in [0.15, 0.2) is 0 Å². The Morgan fingerprint density at radius 1 is 0.870 bits per heavy atom. The van der Waals surface area contributed by atoms with Crippen molar-refractivity contribution in [1.82, 2.24) is 4.90 Å². The van der Waals surface area contributed by atoms with Crippen LogP contribution < -0.4 is 0 Å². The lowest BCUT2D eigenvalue weighted by Crippen LogP contribution is -2.41. The van der Waals surface area contributed by atoms with Gasteiger partial charge in [-0.2, -0.15) is 0 Å². The van der Waals surface area contributed by atoms with Crippen LogP contribution in [0.1, 0.15) is 57.8 Å². The van der Waals surface area contributed by atoms with Crippen molar-refractivity contribution in [2.45, 2.75) is 57.8 Å². The van der Waals surface area contributed by atoms with Crippen molar-refractivity contribution in [2.75, 3.05) is 53.2 Å². The molecular formula is C18H38BrN2O2+. The maximum Gasteiger partial charge on any atom is 0.409 e. The Morgan fingerprint density at radius 2 is 1.35 bits per heavy atom. The number of unbranched alkanes of at least 4 members (excludes halogenated alkanes) is 7. The van der Waals surface area contributed by atoms with E-state index in [4.69, 9.17) is 4.74 Å². The molecule has 0 atom stereocenters. The maximum absolute atomic E-state index is 11.3. The molecule has 1 amide bonds. The number of hydrogen-bond donors (Lipinski definition) is 0. The standard InChI is InChI=1S/C18H38BrN2O2/c1-20(2)18(22)23-17-13-16-21(3,4)15-12-10-8-6-5-7-9-11-14-19/h5-17H2,1-4H3/q+1. The zero-order valence-corrected chi connectivity index (χ0v) is 17.4. The van der Waals surface area contributed by atoms with Gasteiger partial charge >= 0.3 is 6.09 Å². The molecule has 0 aromatic heterocycles. The molecule has 0 aromatic rings. The Morgan fingerprint density at radius 3 is 1.87 bits per heavy atom. The Bertz CT molecular complexity index is 297. The summed E-state index contributed by atoms with van der Waals surface area (Å²) in [5, 5.41) is 1.15. The van der Waals surface area contributed by atoms with Crippen molar-refractivity contribution in [2.24, 2.45) is 0 Å². The van der Waals surface area contributed by atoms with Gasteiger partial charge in [0.15, 0.2) is 0 Å². The quantitative estimate of drug-likeness (QED) is 0.244. The van der Waals surface area contributed by atoms with Crippen LogP contribution in [-0.2, 0) is 4.74 Å². The molecule has 0 N–H and O–H groups in total. The van der Waals surface area contributed by atoms with E-state index in [1.54, 1.807) is 14.1 Å². The van der Waals surface area contributed by atoms with Gasteiger partial charge in [-0.15, -0.1) is 0 Å². The van der Waals surface area contributed by atoms with Crippen LogP contribution in [0.2, 0.25) is 0 Å². The number of halogens is 1. The Labute approximate surface area is 152 Å². The molecule has 0 aliphatic heterocycles. The molecule has 138 valence electrons. The van der Waals surface area contributed by atoms with Crippen molar-refractivity contribution in [3.63, 3.8) is 0 Å². The first-order valence-corrected chi connectivity index (χ1v) is 10.2. The third kappa shape index (κ3) is 15.0. The van der Waals surface area contributed by atoms with E-state index >= 15 is 0 Å². The highest BCUT2D eigenvalue weighted by Crippen LogP contribution is 2.11. The average molecular weight is 394 g/mol. The monoisotopic (exact) mass is 393 g/mol. The molecule has 0 aliphatic carbocycles. The van der Waals surface area contributed by atoms with Gasteiger partial charge in [0.1, 0.15) is 0 Å². The van der Waals surface area contributed by atoms with Gasteiger partial charge in [-0.3, -0.25) is 0 Å². The minimum Gasteiger partial charge on any atom is -0.449 e. The summed E-state index contributed by atoms with van der Waals surface area (Å²) in [5.74, 6) is 0. The van der Waals surface area contributed by atoms with E-state index < -0.39 is 0 Å². The molecule has 0 bridgehead atoms. The summed E-state index contributed by atoms with van der Waals surface area (Å²) in [7, 11) is 7.97. The number of nitrogens with zero attached hydrogens (tertiary/aromatic N) is 2. The van der Waals surface area contributed by atoms with Gasteiger partial charge in [-0.1, -0.05) is 48.0 Å². The zero-order chi connectivity index (χ0) is 17.6. The predicted molar refractivity (Wildman–Crippen MR) is 102 cm³/mol. The van der Waals surface area contributed by atoms with Gasteiger partial charge in [0.2, 0.25) is 0 Å². The van der Waals surface area contributed by atoms with E-state index in [1.165, 1.54) is 62.8 Å². The lowest BCUT2D eigenvalue weighted by Gasteiger charge is -2.29. The normalized spacial score (nSPS) is 11.5. The second-order valence-corrected chi connectivity index (χ2v) is 8.06. The molecule has 0 spiro atoms. The number of amides is 1. The summed E-state index contributed by atoms with van der Waals surface area (Å²) in [6, 6.07) is 0. The van der Waals surface area contributed by atoms with E-state index in [1.807, 2.05) is 0 Å². The van der Waals surface area contributed by atoms with E-state index in [0.29, 0.717) is 6.61 Å². The van der Waals surface area contributed by atoms with Crippen molar-refractivity contribution in [3.8, 4) is 0 Å². The van der Waals surface area contributed by atoms with Crippen molar-refractivity contribution >= 4 is 22.0 Å². The molecular weight excluding hydrogens is 356 g/mol. The summed E-state index contributed by atoms with van der Waals surface area (Å²) in [4.78, 5) is 12.8. The summed E-state index contributed by atoms with van der Waals surface area (Å²) in [6.45, 7) is 2.80. The number of rotatable bonds is 14. The highest BCUT2D eigenvalue weighted by atomic mass is 79.9. The fraction of sp³-hybridized carbons (Fsp3) is 0.944. The lowest BCUT2D eigenvalue weighted by molar-refractivity contribution is -0.890. The van der Waals surface area contributed by atoms with Crippen molar-refractivity contribution in [1.29, 1.82) is 0 Å². The van der Waals surface area contributed by atoms with E-state index in [-0.39, 0.29) is 6.09 Å². The summed E-state index contributed by atoms with van der Waals surface area (Å²) >= 11 is 3.48. The fourth-order valence-corrected chi connectivity index (χ4v) is 2.98. The average Bonchev–Trinajstić information content (AvgIpc) is 2.49. The van der Waals surface area contributed by atoms with Crippen LogP contribution in [0.4, 0.5) is 4.79 Å². The molecule has 0 unspecified atom stereocenters. The molecule has 0 radical (unpaired) electrons. The first-order chi connectivity index (χ1) is 10.9. The molecule has 0 rings (SSSR count). The number of carbonyl (C=O) groups is 1. The Balaban J connectivity index is 3.48. The number of alkyl halides is 1. The second-order valence-electron chi connectivity index (χ2n) is 7.26. The fourth-order valence-electron chi connectivity index (χ4n) is 2.59. The van der Waals surface area contributed by atoms with Crippen LogP contribution >= 0.6 is 15.9 Å². The van der Waals surface area contributed by atoms with Gasteiger partial charge in [0.05, 0.1) is 33.8 Å². The van der Waals surface area contributed by atoms with Gasteiger partial charge < -0.3 is 14.1 Å². The van der Waals surface area contributed by atoms with Gasteiger partial charge in [-0.05, 0) is 19.3 Å². The first kappa shape index (κ1) is 22.7. The maximum atomic E-state index is 11.3. The number of ether oxygens (including phenoxy) is 1. The summed E-state index contributed by atoms with van der Waals surface area (Å²) < 4.78 is 6.19. The van der Waals surface area contributed by atoms with Crippen molar-refractivity contribution in [3.05, 3.63) is 0 Å². The van der Waals surface area contributed by atoms with Gasteiger partial charge in [-0.25, -0.2) is 4.79 Å².